The minimum Gasteiger partial charge on any atom is -0.466 e. The molecule has 1 fully saturated rings. The van der Waals surface area contributed by atoms with Crippen molar-refractivity contribution in [3.05, 3.63) is 108 Å². The molecule has 0 radical (unpaired) electrons. The summed E-state index contributed by atoms with van der Waals surface area (Å²) in [6.45, 7) is 1.49. The van der Waals surface area contributed by atoms with Crippen molar-refractivity contribution >= 4 is 23.9 Å². The molecule has 9 nitrogen and oxygen atoms in total. The Morgan fingerprint density at radius 2 is 1.05 bits per heavy atom. The van der Waals surface area contributed by atoms with Crippen LogP contribution in [0.25, 0.3) is 0 Å². The van der Waals surface area contributed by atoms with E-state index in [1.807, 2.05) is 0 Å². The largest absolute Gasteiger partial charge is 0.466 e. The predicted molar refractivity (Wildman–Crippen MR) is 138 cm³/mol. The van der Waals surface area contributed by atoms with Gasteiger partial charge in [-0.2, -0.15) is 0 Å². The fourth-order valence-corrected chi connectivity index (χ4v) is 4.12. The van der Waals surface area contributed by atoms with Crippen molar-refractivity contribution < 1.29 is 42.9 Å². The first kappa shape index (κ1) is 27.5. The molecule has 4 atom stereocenters. The van der Waals surface area contributed by atoms with Gasteiger partial charge in [0.1, 0.15) is 18.8 Å². The third-order valence-corrected chi connectivity index (χ3v) is 5.97. The highest BCUT2D eigenvalue weighted by atomic mass is 16.7. The Hall–Kier alpha value is -4.50. The molecule has 0 unspecified atom stereocenters. The first-order valence-electron chi connectivity index (χ1n) is 12.5. The topological polar surface area (TPSA) is 114 Å². The summed E-state index contributed by atoms with van der Waals surface area (Å²) in [6, 6.07) is 24.9. The zero-order valence-electron chi connectivity index (χ0n) is 21.3. The molecule has 1 aliphatic heterocycles. The lowest BCUT2D eigenvalue weighted by atomic mass is 10.0. The highest BCUT2D eigenvalue weighted by molar-refractivity contribution is 5.91. The van der Waals surface area contributed by atoms with Crippen LogP contribution in [0, 0.1) is 0 Å². The zero-order chi connectivity index (χ0) is 27.6. The highest BCUT2D eigenvalue weighted by Crippen LogP contribution is 2.31. The van der Waals surface area contributed by atoms with Crippen LogP contribution >= 0.6 is 0 Å². The first-order valence-corrected chi connectivity index (χ1v) is 12.5. The van der Waals surface area contributed by atoms with Crippen molar-refractivity contribution in [1.82, 2.24) is 0 Å². The summed E-state index contributed by atoms with van der Waals surface area (Å²) in [7, 11) is 0. The van der Waals surface area contributed by atoms with Crippen molar-refractivity contribution in [3.63, 3.8) is 0 Å². The Morgan fingerprint density at radius 3 is 1.51 bits per heavy atom. The van der Waals surface area contributed by atoms with Gasteiger partial charge >= 0.3 is 23.9 Å². The third-order valence-electron chi connectivity index (χ3n) is 5.97. The molecule has 3 aromatic carbocycles. The van der Waals surface area contributed by atoms with Gasteiger partial charge in [-0.05, 0) is 43.3 Å². The fourth-order valence-electron chi connectivity index (χ4n) is 4.12. The molecule has 39 heavy (non-hydrogen) atoms. The van der Waals surface area contributed by atoms with Crippen LogP contribution in [0.15, 0.2) is 91.0 Å². The van der Waals surface area contributed by atoms with Crippen LogP contribution in [0.3, 0.4) is 0 Å². The Bertz CT molecular complexity index is 1260. The number of rotatable bonds is 10. The van der Waals surface area contributed by atoms with Gasteiger partial charge in [0.25, 0.3) is 0 Å². The zero-order valence-corrected chi connectivity index (χ0v) is 21.3. The summed E-state index contributed by atoms with van der Waals surface area (Å²) >= 11 is 0. The van der Waals surface area contributed by atoms with Crippen LogP contribution < -0.4 is 0 Å². The lowest BCUT2D eigenvalue weighted by molar-refractivity contribution is -0.147. The second-order valence-electron chi connectivity index (χ2n) is 8.66. The Morgan fingerprint density at radius 1 is 0.615 bits per heavy atom. The number of benzene rings is 3. The summed E-state index contributed by atoms with van der Waals surface area (Å²) in [5.74, 6) is -2.58. The van der Waals surface area contributed by atoms with E-state index in [9.17, 15) is 19.2 Å². The van der Waals surface area contributed by atoms with Crippen LogP contribution in [0.4, 0.5) is 0 Å². The van der Waals surface area contributed by atoms with Gasteiger partial charge in [0.05, 0.1) is 29.7 Å². The molecule has 0 aliphatic carbocycles. The number of carbonyl (C=O) groups excluding carboxylic acids is 4. The average Bonchev–Trinajstić information content (AvgIpc) is 3.27. The molecule has 202 valence electrons. The van der Waals surface area contributed by atoms with E-state index in [1.54, 1.807) is 97.9 Å². The Kier molecular flexibility index (Phi) is 9.42. The van der Waals surface area contributed by atoms with Crippen molar-refractivity contribution in [1.29, 1.82) is 0 Å². The van der Waals surface area contributed by atoms with E-state index < -0.39 is 48.3 Å². The number of ether oxygens (including phenoxy) is 5. The van der Waals surface area contributed by atoms with E-state index in [4.69, 9.17) is 23.7 Å². The van der Waals surface area contributed by atoms with Crippen molar-refractivity contribution in [3.8, 4) is 0 Å². The Balaban J connectivity index is 1.60. The minimum absolute atomic E-state index is 0.143. The SMILES string of the molecule is CCOC(=O)C[C@H]1O[C@H](COC(=O)c2ccccc2)[C@@H](OC(=O)c2ccccc2)[C@H]1OC(=O)c1ccccc1. The molecule has 0 bridgehead atoms. The van der Waals surface area contributed by atoms with Crippen LogP contribution in [-0.2, 0) is 28.5 Å². The molecular weight excluding hydrogens is 504 g/mol. The molecule has 0 N–H and O–H groups in total. The minimum atomic E-state index is -1.19. The standard InChI is InChI=1S/C30H28O9/c1-2-35-25(31)18-23-26(38-29(33)21-14-8-4-9-15-21)27(39-30(34)22-16-10-5-11-17-22)24(37-23)19-36-28(32)20-12-6-3-7-13-20/h3-17,23-24,26-27H,2,18-19H2,1H3/t23-,24-,26+,27-/m1/s1. The third kappa shape index (κ3) is 7.30. The smallest absolute Gasteiger partial charge is 0.338 e. The Labute approximate surface area is 225 Å². The van der Waals surface area contributed by atoms with Gasteiger partial charge in [-0.1, -0.05) is 54.6 Å². The van der Waals surface area contributed by atoms with Gasteiger partial charge in [-0.15, -0.1) is 0 Å². The molecule has 4 rings (SSSR count). The number of hydrogen-bond acceptors (Lipinski definition) is 9. The second-order valence-corrected chi connectivity index (χ2v) is 8.66. The van der Waals surface area contributed by atoms with Crippen LogP contribution in [-0.4, -0.2) is 61.5 Å². The fraction of sp³-hybridized carbons (Fsp3) is 0.267. The summed E-state index contributed by atoms with van der Waals surface area (Å²) in [4.78, 5) is 51.0. The summed E-state index contributed by atoms with van der Waals surface area (Å²) in [6.07, 6.45) is -4.70. The maximum absolute atomic E-state index is 13.0. The number of esters is 4. The van der Waals surface area contributed by atoms with Gasteiger partial charge in [0, 0.05) is 0 Å². The van der Waals surface area contributed by atoms with E-state index in [0.29, 0.717) is 5.56 Å². The van der Waals surface area contributed by atoms with Gasteiger partial charge in [0.2, 0.25) is 0 Å². The van der Waals surface area contributed by atoms with Crippen molar-refractivity contribution in [2.24, 2.45) is 0 Å². The van der Waals surface area contributed by atoms with Crippen LogP contribution in [0.1, 0.15) is 44.4 Å². The first-order chi connectivity index (χ1) is 19.0. The summed E-state index contributed by atoms with van der Waals surface area (Å²) in [5.41, 5.74) is 0.849. The van der Waals surface area contributed by atoms with Crippen LogP contribution in [0.5, 0.6) is 0 Å². The van der Waals surface area contributed by atoms with Crippen molar-refractivity contribution in [2.45, 2.75) is 37.8 Å². The van der Waals surface area contributed by atoms with Crippen LogP contribution in [0.2, 0.25) is 0 Å². The average molecular weight is 533 g/mol. The summed E-state index contributed by atoms with van der Waals surface area (Å²) in [5, 5.41) is 0. The molecule has 1 heterocycles. The lowest BCUT2D eigenvalue weighted by Crippen LogP contribution is -2.42. The number of carbonyl (C=O) groups is 4. The molecule has 0 saturated carbocycles. The highest BCUT2D eigenvalue weighted by Gasteiger charge is 2.51. The lowest BCUT2D eigenvalue weighted by Gasteiger charge is -2.24. The van der Waals surface area contributed by atoms with Crippen molar-refractivity contribution in [2.75, 3.05) is 13.2 Å². The molecule has 0 aromatic heterocycles. The quantitative estimate of drug-likeness (QED) is 0.282. The molecule has 3 aromatic rings. The van der Waals surface area contributed by atoms with Gasteiger partial charge in [-0.25, -0.2) is 14.4 Å². The molecule has 0 amide bonds. The maximum Gasteiger partial charge on any atom is 0.338 e. The van der Waals surface area contributed by atoms with Gasteiger partial charge < -0.3 is 23.7 Å². The summed E-state index contributed by atoms with van der Waals surface area (Å²) < 4.78 is 28.1. The molecule has 0 spiro atoms. The molecular formula is C30H28O9. The number of hydrogen-bond donors (Lipinski definition) is 0. The predicted octanol–water partition coefficient (Wildman–Crippen LogP) is 4.02. The van der Waals surface area contributed by atoms with E-state index in [1.165, 1.54) is 0 Å². The normalized spacial score (nSPS) is 20.0. The van der Waals surface area contributed by atoms with E-state index in [-0.39, 0.29) is 30.8 Å². The second kappa shape index (κ2) is 13.3. The monoisotopic (exact) mass is 532 g/mol. The maximum atomic E-state index is 13.0. The molecule has 9 heteroatoms. The van der Waals surface area contributed by atoms with E-state index in [2.05, 4.69) is 0 Å². The van der Waals surface area contributed by atoms with Gasteiger partial charge in [0.15, 0.2) is 12.2 Å². The van der Waals surface area contributed by atoms with Gasteiger partial charge in [-0.3, -0.25) is 4.79 Å². The molecule has 1 saturated heterocycles. The van der Waals surface area contributed by atoms with E-state index in [0.717, 1.165) is 0 Å². The van der Waals surface area contributed by atoms with E-state index >= 15 is 0 Å². The molecule has 1 aliphatic rings.